The van der Waals surface area contributed by atoms with Crippen LogP contribution in [0.5, 0.6) is 0 Å². The van der Waals surface area contributed by atoms with Crippen molar-refractivity contribution in [2.45, 2.75) is 13.8 Å². The molecular weight excluding hydrogens is 470 g/mol. The summed E-state index contributed by atoms with van der Waals surface area (Å²) in [6.07, 6.45) is 0. The number of hydrogen-bond donors (Lipinski definition) is 0. The number of benzene rings is 3. The van der Waals surface area contributed by atoms with E-state index >= 15 is 0 Å². The zero-order valence-corrected chi connectivity index (χ0v) is 19.2. The molecule has 4 rings (SSSR count). The van der Waals surface area contributed by atoms with Crippen molar-refractivity contribution in [1.82, 2.24) is 14.8 Å². The molecule has 0 amide bonds. The molecule has 0 aliphatic heterocycles. The summed E-state index contributed by atoms with van der Waals surface area (Å²) in [5.74, 6) is -0.649. The van der Waals surface area contributed by atoms with Gasteiger partial charge in [0.1, 0.15) is 0 Å². The minimum atomic E-state index is -0.754. The minimum absolute atomic E-state index is 0.106. The van der Waals surface area contributed by atoms with E-state index in [4.69, 9.17) is 4.74 Å². The van der Waals surface area contributed by atoms with Gasteiger partial charge >= 0.3 is 5.97 Å². The molecular formula is C25H20BrN3O3. The first-order valence-corrected chi connectivity index (χ1v) is 10.8. The van der Waals surface area contributed by atoms with Crippen molar-refractivity contribution in [3.63, 3.8) is 0 Å². The Morgan fingerprint density at radius 1 is 0.938 bits per heavy atom. The van der Waals surface area contributed by atoms with Gasteiger partial charge < -0.3 is 4.74 Å². The predicted octanol–water partition coefficient (Wildman–Crippen LogP) is 5.35. The van der Waals surface area contributed by atoms with Crippen LogP contribution >= 0.6 is 15.9 Å². The van der Waals surface area contributed by atoms with E-state index in [0.717, 1.165) is 26.9 Å². The summed E-state index contributed by atoms with van der Waals surface area (Å²) in [5, 5.41) is 4.40. The molecule has 0 saturated carbocycles. The van der Waals surface area contributed by atoms with Crippen LogP contribution in [0.3, 0.4) is 0 Å². The summed E-state index contributed by atoms with van der Waals surface area (Å²) in [4.78, 5) is 29.4. The maximum absolute atomic E-state index is 12.7. The monoisotopic (exact) mass is 489 g/mol. The maximum atomic E-state index is 12.7. The lowest BCUT2D eigenvalue weighted by molar-refractivity contribution is 0.0462. The number of Topliss-reactive ketones (excluding diaryl/α,β-unsaturated/α-hetero) is 1. The third-order valence-electron chi connectivity index (χ3n) is 5.06. The molecule has 7 heteroatoms. The number of ether oxygens (including phenoxy) is 1. The molecule has 4 aromatic rings. The summed E-state index contributed by atoms with van der Waals surface area (Å²) >= 11 is 3.33. The van der Waals surface area contributed by atoms with Crippen LogP contribution in [0.2, 0.25) is 0 Å². The first-order chi connectivity index (χ1) is 15.4. The van der Waals surface area contributed by atoms with Crippen molar-refractivity contribution in [2.75, 3.05) is 6.61 Å². The van der Waals surface area contributed by atoms with Crippen molar-refractivity contribution in [3.05, 3.63) is 99.8 Å². The van der Waals surface area contributed by atoms with Crippen LogP contribution in [0.15, 0.2) is 77.3 Å². The summed E-state index contributed by atoms with van der Waals surface area (Å²) in [6.45, 7) is 3.66. The highest BCUT2D eigenvalue weighted by molar-refractivity contribution is 9.10. The zero-order chi connectivity index (χ0) is 22.7. The number of esters is 1. The normalized spacial score (nSPS) is 10.7. The summed E-state index contributed by atoms with van der Waals surface area (Å²) in [5.41, 5.74) is 4.30. The standard InChI is InChI=1S/C25H20BrN3O3/c1-16-8-13-21(14-17(16)2)29-24(19-6-4-3-5-7-19)27-23(28-29)25(31)32-15-22(30)18-9-11-20(26)12-10-18/h3-14H,15H2,1-2H3. The molecule has 0 spiro atoms. The highest BCUT2D eigenvalue weighted by atomic mass is 79.9. The molecule has 0 saturated heterocycles. The third-order valence-corrected chi connectivity index (χ3v) is 5.59. The number of aryl methyl sites for hydroxylation is 2. The van der Waals surface area contributed by atoms with Gasteiger partial charge in [-0.2, -0.15) is 0 Å². The highest BCUT2D eigenvalue weighted by Gasteiger charge is 2.21. The molecule has 0 radical (unpaired) electrons. The smallest absolute Gasteiger partial charge is 0.378 e. The van der Waals surface area contributed by atoms with Crippen molar-refractivity contribution >= 4 is 27.7 Å². The van der Waals surface area contributed by atoms with Gasteiger partial charge in [-0.1, -0.05) is 64.5 Å². The molecule has 0 atom stereocenters. The quantitative estimate of drug-likeness (QED) is 0.269. The van der Waals surface area contributed by atoms with E-state index in [1.807, 2.05) is 62.4 Å². The molecule has 0 aliphatic rings. The van der Waals surface area contributed by atoms with E-state index in [1.165, 1.54) is 0 Å². The first-order valence-electron chi connectivity index (χ1n) is 9.98. The number of rotatable bonds is 6. The SMILES string of the molecule is Cc1ccc(-n2nc(C(=O)OCC(=O)c3ccc(Br)cc3)nc2-c2ccccc2)cc1C. The lowest BCUT2D eigenvalue weighted by Gasteiger charge is -2.08. The van der Waals surface area contributed by atoms with Crippen molar-refractivity contribution in [2.24, 2.45) is 0 Å². The lowest BCUT2D eigenvalue weighted by atomic mass is 10.1. The Bertz CT molecular complexity index is 1280. The zero-order valence-electron chi connectivity index (χ0n) is 17.6. The van der Waals surface area contributed by atoms with E-state index < -0.39 is 5.97 Å². The highest BCUT2D eigenvalue weighted by Crippen LogP contribution is 2.23. The molecule has 6 nitrogen and oxygen atoms in total. The molecule has 0 unspecified atom stereocenters. The van der Waals surface area contributed by atoms with E-state index in [0.29, 0.717) is 11.4 Å². The number of aromatic nitrogens is 3. The second-order valence-corrected chi connectivity index (χ2v) is 8.23. The molecule has 1 heterocycles. The summed E-state index contributed by atoms with van der Waals surface area (Å²) < 4.78 is 7.70. The maximum Gasteiger partial charge on any atom is 0.378 e. The Hall–Kier alpha value is -3.58. The van der Waals surface area contributed by atoms with Gasteiger partial charge in [0, 0.05) is 15.6 Å². The minimum Gasteiger partial charge on any atom is -0.451 e. The van der Waals surface area contributed by atoms with Gasteiger partial charge in [-0.05, 0) is 49.2 Å². The average Bonchev–Trinajstić information content (AvgIpc) is 3.26. The van der Waals surface area contributed by atoms with Gasteiger partial charge in [0.2, 0.25) is 0 Å². The third kappa shape index (κ3) is 4.68. The van der Waals surface area contributed by atoms with Gasteiger partial charge in [-0.15, -0.1) is 5.10 Å². The number of hydrogen-bond acceptors (Lipinski definition) is 5. The van der Waals surface area contributed by atoms with Crippen LogP contribution in [0.1, 0.15) is 32.1 Å². The lowest BCUT2D eigenvalue weighted by Crippen LogP contribution is -2.15. The van der Waals surface area contributed by atoms with Gasteiger partial charge in [-0.25, -0.2) is 14.5 Å². The van der Waals surface area contributed by atoms with Crippen LogP contribution < -0.4 is 0 Å². The average molecular weight is 490 g/mol. The fourth-order valence-corrected chi connectivity index (χ4v) is 3.39. The van der Waals surface area contributed by atoms with Crippen LogP contribution in [-0.2, 0) is 4.74 Å². The molecule has 0 fully saturated rings. The number of carbonyl (C=O) groups excluding carboxylic acids is 2. The van der Waals surface area contributed by atoms with Gasteiger partial charge in [0.05, 0.1) is 5.69 Å². The number of ketones is 1. The largest absolute Gasteiger partial charge is 0.451 e. The van der Waals surface area contributed by atoms with Gasteiger partial charge in [-0.3, -0.25) is 4.79 Å². The summed E-state index contributed by atoms with van der Waals surface area (Å²) in [6, 6.07) is 22.2. The van der Waals surface area contributed by atoms with E-state index in [-0.39, 0.29) is 18.2 Å². The van der Waals surface area contributed by atoms with Crippen LogP contribution in [-0.4, -0.2) is 33.1 Å². The van der Waals surface area contributed by atoms with E-state index in [9.17, 15) is 9.59 Å². The molecule has 0 N–H and O–H groups in total. The van der Waals surface area contributed by atoms with Crippen molar-refractivity contribution in [1.29, 1.82) is 0 Å². The molecule has 160 valence electrons. The first kappa shape index (κ1) is 21.6. The molecule has 0 bridgehead atoms. The molecule has 0 aliphatic carbocycles. The predicted molar refractivity (Wildman–Crippen MR) is 125 cm³/mol. The fourth-order valence-electron chi connectivity index (χ4n) is 3.12. The fraction of sp³-hybridized carbons (Fsp3) is 0.120. The Morgan fingerprint density at radius 3 is 2.34 bits per heavy atom. The Labute approximate surface area is 194 Å². The van der Waals surface area contributed by atoms with E-state index in [2.05, 4.69) is 26.0 Å². The second kappa shape index (κ2) is 9.28. The second-order valence-electron chi connectivity index (χ2n) is 7.31. The Kier molecular flexibility index (Phi) is 6.28. The van der Waals surface area contributed by atoms with Gasteiger partial charge in [0.25, 0.3) is 5.82 Å². The molecule has 1 aromatic heterocycles. The summed E-state index contributed by atoms with van der Waals surface area (Å²) in [7, 11) is 0. The van der Waals surface area contributed by atoms with Crippen molar-refractivity contribution in [3.8, 4) is 17.1 Å². The van der Waals surface area contributed by atoms with Gasteiger partial charge in [0.15, 0.2) is 18.2 Å². The van der Waals surface area contributed by atoms with E-state index in [1.54, 1.807) is 28.9 Å². The Morgan fingerprint density at radius 2 is 1.66 bits per heavy atom. The van der Waals surface area contributed by atoms with Crippen LogP contribution in [0.25, 0.3) is 17.1 Å². The number of nitrogens with zero attached hydrogens (tertiary/aromatic N) is 3. The molecule has 32 heavy (non-hydrogen) atoms. The topological polar surface area (TPSA) is 74.1 Å². The van der Waals surface area contributed by atoms with Crippen LogP contribution in [0.4, 0.5) is 0 Å². The van der Waals surface area contributed by atoms with Crippen molar-refractivity contribution < 1.29 is 14.3 Å². The molecule has 3 aromatic carbocycles. The number of halogens is 1. The Balaban J connectivity index is 1.61. The number of carbonyl (C=O) groups is 2. The van der Waals surface area contributed by atoms with Crippen LogP contribution in [0, 0.1) is 13.8 Å².